The first-order valence-electron chi connectivity index (χ1n) is 8.77. The van der Waals surface area contributed by atoms with Crippen molar-refractivity contribution in [2.45, 2.75) is 13.5 Å². The molecule has 27 heavy (non-hydrogen) atoms. The van der Waals surface area contributed by atoms with Gasteiger partial charge in [-0.1, -0.05) is 42.5 Å². The van der Waals surface area contributed by atoms with Gasteiger partial charge in [0.1, 0.15) is 11.4 Å². The second kappa shape index (κ2) is 8.80. The highest BCUT2D eigenvalue weighted by Gasteiger charge is 2.17. The van der Waals surface area contributed by atoms with Crippen molar-refractivity contribution in [2.24, 2.45) is 0 Å². The van der Waals surface area contributed by atoms with E-state index in [1.54, 1.807) is 24.3 Å². The molecule has 0 saturated carbocycles. The summed E-state index contributed by atoms with van der Waals surface area (Å²) in [5.74, 6) is 0.894. The van der Waals surface area contributed by atoms with Crippen LogP contribution in [0.5, 0.6) is 5.75 Å². The molecular formula is C21H22N4O2. The standard InChI is InChI=1S/C21H22N4O2/c1-3-25(15-16-9-5-4-6-10-16)20(26)18-13-14-22-21(24-18)23-17-11-7-8-12-19(17)27-2/h4-14H,3,15H2,1-2H3,(H,22,23,24). The highest BCUT2D eigenvalue weighted by molar-refractivity contribution is 5.92. The van der Waals surface area contributed by atoms with Gasteiger partial charge in [-0.3, -0.25) is 4.79 Å². The number of hydrogen-bond donors (Lipinski definition) is 1. The summed E-state index contributed by atoms with van der Waals surface area (Å²) in [7, 11) is 1.60. The zero-order chi connectivity index (χ0) is 19.1. The number of aromatic nitrogens is 2. The van der Waals surface area contributed by atoms with Crippen molar-refractivity contribution < 1.29 is 9.53 Å². The Balaban J connectivity index is 1.78. The summed E-state index contributed by atoms with van der Waals surface area (Å²) in [6, 6.07) is 19.0. The van der Waals surface area contributed by atoms with Crippen LogP contribution in [0.4, 0.5) is 11.6 Å². The molecular weight excluding hydrogens is 340 g/mol. The van der Waals surface area contributed by atoms with Gasteiger partial charge >= 0.3 is 0 Å². The van der Waals surface area contributed by atoms with E-state index in [1.165, 1.54) is 0 Å². The topological polar surface area (TPSA) is 67.4 Å². The molecule has 3 rings (SSSR count). The number of ether oxygens (including phenoxy) is 1. The third-order valence-electron chi connectivity index (χ3n) is 4.11. The fourth-order valence-corrected chi connectivity index (χ4v) is 2.70. The quantitative estimate of drug-likeness (QED) is 0.691. The lowest BCUT2D eigenvalue weighted by Crippen LogP contribution is -2.31. The van der Waals surface area contributed by atoms with Gasteiger partial charge in [-0.15, -0.1) is 0 Å². The molecule has 138 valence electrons. The minimum atomic E-state index is -0.133. The van der Waals surface area contributed by atoms with Gasteiger partial charge in [-0.2, -0.15) is 0 Å². The van der Waals surface area contributed by atoms with Crippen molar-refractivity contribution in [3.8, 4) is 5.75 Å². The van der Waals surface area contributed by atoms with Crippen molar-refractivity contribution in [1.29, 1.82) is 0 Å². The third kappa shape index (κ3) is 4.61. The molecule has 0 radical (unpaired) electrons. The van der Waals surface area contributed by atoms with Crippen molar-refractivity contribution in [2.75, 3.05) is 19.0 Å². The molecule has 0 saturated heterocycles. The number of para-hydroxylation sites is 2. The number of amides is 1. The molecule has 0 fully saturated rings. The Morgan fingerprint density at radius 3 is 2.56 bits per heavy atom. The monoisotopic (exact) mass is 362 g/mol. The molecule has 1 amide bonds. The molecule has 0 bridgehead atoms. The Kier molecular flexibility index (Phi) is 5.99. The van der Waals surface area contributed by atoms with Gasteiger partial charge in [-0.25, -0.2) is 9.97 Å². The second-order valence-electron chi connectivity index (χ2n) is 5.90. The van der Waals surface area contributed by atoms with E-state index in [4.69, 9.17) is 4.74 Å². The summed E-state index contributed by atoms with van der Waals surface area (Å²) in [6.45, 7) is 3.08. The maximum atomic E-state index is 12.9. The number of nitrogens with zero attached hydrogens (tertiary/aromatic N) is 3. The summed E-state index contributed by atoms with van der Waals surface area (Å²) in [5.41, 5.74) is 2.16. The van der Waals surface area contributed by atoms with Crippen LogP contribution in [0, 0.1) is 0 Å². The van der Waals surface area contributed by atoms with E-state index in [0.717, 1.165) is 11.3 Å². The molecule has 0 unspecified atom stereocenters. The summed E-state index contributed by atoms with van der Waals surface area (Å²) in [6.07, 6.45) is 1.58. The van der Waals surface area contributed by atoms with Crippen LogP contribution >= 0.6 is 0 Å². The predicted molar refractivity (Wildman–Crippen MR) is 105 cm³/mol. The van der Waals surface area contributed by atoms with Gasteiger partial charge in [-0.05, 0) is 30.7 Å². The lowest BCUT2D eigenvalue weighted by Gasteiger charge is -2.20. The highest BCUT2D eigenvalue weighted by Crippen LogP contribution is 2.25. The Morgan fingerprint density at radius 1 is 1.07 bits per heavy atom. The summed E-state index contributed by atoms with van der Waals surface area (Å²) >= 11 is 0. The molecule has 6 nitrogen and oxygen atoms in total. The predicted octanol–water partition coefficient (Wildman–Crippen LogP) is 3.89. The zero-order valence-electron chi connectivity index (χ0n) is 15.4. The summed E-state index contributed by atoms with van der Waals surface area (Å²) in [4.78, 5) is 23.2. The lowest BCUT2D eigenvalue weighted by molar-refractivity contribution is 0.0746. The van der Waals surface area contributed by atoms with E-state index >= 15 is 0 Å². The minimum absolute atomic E-state index is 0.133. The molecule has 2 aromatic carbocycles. The van der Waals surface area contributed by atoms with Gasteiger partial charge in [0.05, 0.1) is 12.8 Å². The van der Waals surface area contributed by atoms with Gasteiger partial charge < -0.3 is 15.0 Å². The van der Waals surface area contributed by atoms with Crippen molar-refractivity contribution in [3.05, 3.63) is 78.1 Å². The highest BCUT2D eigenvalue weighted by atomic mass is 16.5. The van der Waals surface area contributed by atoms with Crippen LogP contribution in [-0.2, 0) is 6.54 Å². The normalized spacial score (nSPS) is 10.3. The summed E-state index contributed by atoms with van der Waals surface area (Å²) in [5, 5.41) is 3.11. The maximum absolute atomic E-state index is 12.9. The van der Waals surface area contributed by atoms with Gasteiger partial charge in [0.2, 0.25) is 5.95 Å². The number of carbonyl (C=O) groups excluding carboxylic acids is 1. The van der Waals surface area contributed by atoms with Crippen LogP contribution in [0.15, 0.2) is 66.9 Å². The van der Waals surface area contributed by atoms with Crippen LogP contribution < -0.4 is 10.1 Å². The SMILES string of the molecule is CCN(Cc1ccccc1)C(=O)c1ccnc(Nc2ccccc2OC)n1. The molecule has 0 spiro atoms. The van der Waals surface area contributed by atoms with Gasteiger partial charge in [0.25, 0.3) is 5.91 Å². The fourth-order valence-electron chi connectivity index (χ4n) is 2.70. The van der Waals surface area contributed by atoms with E-state index in [1.807, 2.05) is 61.5 Å². The zero-order valence-corrected chi connectivity index (χ0v) is 15.4. The molecule has 6 heteroatoms. The molecule has 1 aromatic heterocycles. The molecule has 3 aromatic rings. The van der Waals surface area contributed by atoms with Crippen LogP contribution in [0.2, 0.25) is 0 Å². The fraction of sp³-hybridized carbons (Fsp3) is 0.190. The van der Waals surface area contributed by atoms with E-state index in [0.29, 0.717) is 30.5 Å². The number of carbonyl (C=O) groups is 1. The van der Waals surface area contributed by atoms with Crippen LogP contribution in [0.1, 0.15) is 23.0 Å². The van der Waals surface area contributed by atoms with E-state index < -0.39 is 0 Å². The van der Waals surface area contributed by atoms with Gasteiger partial charge in [0, 0.05) is 19.3 Å². The van der Waals surface area contributed by atoms with Crippen LogP contribution in [0.3, 0.4) is 0 Å². The number of hydrogen-bond acceptors (Lipinski definition) is 5. The molecule has 0 aliphatic carbocycles. The number of benzene rings is 2. The Hall–Kier alpha value is -3.41. The summed E-state index contributed by atoms with van der Waals surface area (Å²) < 4.78 is 5.32. The number of nitrogens with one attached hydrogen (secondary N) is 1. The number of methoxy groups -OCH3 is 1. The first-order chi connectivity index (χ1) is 13.2. The Bertz CT molecular complexity index is 899. The van der Waals surface area contributed by atoms with Gasteiger partial charge in [0.15, 0.2) is 0 Å². The maximum Gasteiger partial charge on any atom is 0.272 e. The Labute approximate surface area is 158 Å². The van der Waals surface area contributed by atoms with E-state index in [2.05, 4.69) is 15.3 Å². The lowest BCUT2D eigenvalue weighted by atomic mass is 10.2. The van der Waals surface area contributed by atoms with Crippen molar-refractivity contribution in [3.63, 3.8) is 0 Å². The minimum Gasteiger partial charge on any atom is -0.495 e. The van der Waals surface area contributed by atoms with E-state index in [9.17, 15) is 4.79 Å². The average molecular weight is 362 g/mol. The Morgan fingerprint density at radius 2 is 1.81 bits per heavy atom. The van der Waals surface area contributed by atoms with Crippen LogP contribution in [0.25, 0.3) is 0 Å². The molecule has 1 heterocycles. The third-order valence-corrected chi connectivity index (χ3v) is 4.11. The van der Waals surface area contributed by atoms with Crippen molar-refractivity contribution in [1.82, 2.24) is 14.9 Å². The van der Waals surface area contributed by atoms with Crippen LogP contribution in [-0.4, -0.2) is 34.4 Å². The second-order valence-corrected chi connectivity index (χ2v) is 5.90. The molecule has 1 N–H and O–H groups in total. The first-order valence-corrected chi connectivity index (χ1v) is 8.77. The molecule has 0 aliphatic heterocycles. The largest absolute Gasteiger partial charge is 0.495 e. The van der Waals surface area contributed by atoms with E-state index in [-0.39, 0.29) is 5.91 Å². The first kappa shape index (κ1) is 18.4. The molecule has 0 atom stereocenters. The molecule has 0 aliphatic rings. The number of rotatable bonds is 7. The number of anilines is 2. The van der Waals surface area contributed by atoms with Crippen molar-refractivity contribution >= 4 is 17.5 Å². The smallest absolute Gasteiger partial charge is 0.272 e. The average Bonchev–Trinajstić information content (AvgIpc) is 2.73.